The molecule has 3 rings (SSSR count). The van der Waals surface area contributed by atoms with Gasteiger partial charge < -0.3 is 10.1 Å². The van der Waals surface area contributed by atoms with Crippen LogP contribution < -0.4 is 5.56 Å². The molecule has 0 bridgehead atoms. The smallest absolute Gasteiger partial charge is 0.335 e. The van der Waals surface area contributed by atoms with Crippen molar-refractivity contribution in [3.8, 4) is 0 Å². The zero-order valence-electron chi connectivity index (χ0n) is 11.9. The molecule has 0 atom stereocenters. The SMILES string of the molecule is O=C(O)c1ccc2c(=O)[nH]c(CC3=CC(Cl)=C(Cl)CC3)nc2c1. The molecule has 118 valence electrons. The molecular formula is C16H12Cl2N2O3. The van der Waals surface area contributed by atoms with Crippen LogP contribution in [0.25, 0.3) is 10.9 Å². The predicted molar refractivity (Wildman–Crippen MR) is 89.1 cm³/mol. The Balaban J connectivity index is 2.00. The summed E-state index contributed by atoms with van der Waals surface area (Å²) >= 11 is 12.0. The van der Waals surface area contributed by atoms with Crippen LogP contribution in [0, 0.1) is 0 Å². The van der Waals surface area contributed by atoms with Crippen LogP contribution in [-0.4, -0.2) is 21.0 Å². The average molecular weight is 351 g/mol. The number of carboxylic acid groups (broad SMARTS) is 1. The summed E-state index contributed by atoms with van der Waals surface area (Å²) in [6.45, 7) is 0. The minimum atomic E-state index is -1.06. The number of hydrogen-bond acceptors (Lipinski definition) is 3. The van der Waals surface area contributed by atoms with Crippen LogP contribution >= 0.6 is 23.2 Å². The molecule has 1 aliphatic carbocycles. The number of allylic oxidation sites excluding steroid dienone is 4. The lowest BCUT2D eigenvalue weighted by Gasteiger charge is -2.13. The number of benzene rings is 1. The fourth-order valence-corrected chi connectivity index (χ4v) is 2.88. The van der Waals surface area contributed by atoms with Gasteiger partial charge in [0.15, 0.2) is 0 Å². The third-order valence-corrected chi connectivity index (χ3v) is 4.48. The molecular weight excluding hydrogens is 339 g/mol. The fraction of sp³-hybridized carbons (Fsp3) is 0.188. The number of carboxylic acids is 1. The van der Waals surface area contributed by atoms with Crippen molar-refractivity contribution in [3.63, 3.8) is 0 Å². The van der Waals surface area contributed by atoms with Gasteiger partial charge in [-0.15, -0.1) is 0 Å². The van der Waals surface area contributed by atoms with Crippen molar-refractivity contribution in [2.24, 2.45) is 0 Å². The van der Waals surface area contributed by atoms with Crippen molar-refractivity contribution in [2.45, 2.75) is 19.3 Å². The molecule has 1 heterocycles. The van der Waals surface area contributed by atoms with E-state index in [0.29, 0.717) is 39.6 Å². The van der Waals surface area contributed by atoms with Crippen molar-refractivity contribution in [1.82, 2.24) is 9.97 Å². The Hall–Kier alpha value is -2.11. The topological polar surface area (TPSA) is 83.0 Å². The van der Waals surface area contributed by atoms with Gasteiger partial charge in [0.05, 0.1) is 21.5 Å². The van der Waals surface area contributed by atoms with Gasteiger partial charge in [-0.3, -0.25) is 4.79 Å². The summed E-state index contributed by atoms with van der Waals surface area (Å²) in [6, 6.07) is 4.25. The third kappa shape index (κ3) is 3.30. The molecule has 23 heavy (non-hydrogen) atoms. The maximum absolute atomic E-state index is 12.1. The van der Waals surface area contributed by atoms with E-state index in [1.807, 2.05) is 0 Å². The standard InChI is InChI=1S/C16H12Cl2N2O3/c17-11-4-1-8(5-12(11)18)6-14-19-13-7-9(16(22)23)2-3-10(13)15(21)20-14/h2-3,5,7H,1,4,6H2,(H,22,23)(H,19,20,21). The lowest BCUT2D eigenvalue weighted by Crippen LogP contribution is -2.13. The minimum Gasteiger partial charge on any atom is -0.478 e. The number of aromatic carboxylic acids is 1. The zero-order chi connectivity index (χ0) is 16.6. The Kier molecular flexibility index (Phi) is 4.24. The Morgan fingerprint density at radius 2 is 2.09 bits per heavy atom. The molecule has 0 aliphatic heterocycles. The molecule has 0 fully saturated rings. The molecule has 5 nitrogen and oxygen atoms in total. The molecule has 1 aliphatic rings. The van der Waals surface area contributed by atoms with E-state index in [9.17, 15) is 9.59 Å². The predicted octanol–water partition coefficient (Wildman–Crippen LogP) is 3.57. The number of rotatable bonds is 3. The van der Waals surface area contributed by atoms with E-state index in [1.54, 1.807) is 6.08 Å². The maximum atomic E-state index is 12.1. The average Bonchev–Trinajstić information content (AvgIpc) is 2.50. The number of nitrogens with one attached hydrogen (secondary N) is 1. The fourth-order valence-electron chi connectivity index (χ4n) is 2.48. The summed E-state index contributed by atoms with van der Waals surface area (Å²) in [4.78, 5) is 30.3. The molecule has 1 aromatic heterocycles. The number of nitrogens with zero attached hydrogens (tertiary/aromatic N) is 1. The number of carbonyl (C=O) groups is 1. The minimum absolute atomic E-state index is 0.0937. The molecule has 7 heteroatoms. The van der Waals surface area contributed by atoms with E-state index < -0.39 is 5.97 Å². The number of aromatic nitrogens is 2. The highest BCUT2D eigenvalue weighted by molar-refractivity contribution is 6.40. The molecule has 0 saturated carbocycles. The largest absolute Gasteiger partial charge is 0.478 e. The van der Waals surface area contributed by atoms with Crippen LogP contribution in [0.2, 0.25) is 0 Å². The first kappa shape index (κ1) is 15.8. The van der Waals surface area contributed by atoms with E-state index in [4.69, 9.17) is 28.3 Å². The number of aromatic amines is 1. The molecule has 0 radical (unpaired) electrons. The van der Waals surface area contributed by atoms with E-state index in [0.717, 1.165) is 12.0 Å². The lowest BCUT2D eigenvalue weighted by molar-refractivity contribution is 0.0697. The van der Waals surface area contributed by atoms with Crippen molar-refractivity contribution >= 4 is 40.1 Å². The van der Waals surface area contributed by atoms with E-state index in [2.05, 4.69) is 9.97 Å². The highest BCUT2D eigenvalue weighted by Crippen LogP contribution is 2.30. The third-order valence-electron chi connectivity index (χ3n) is 3.65. The summed E-state index contributed by atoms with van der Waals surface area (Å²) < 4.78 is 0. The van der Waals surface area contributed by atoms with Crippen molar-refractivity contribution < 1.29 is 9.90 Å². The Morgan fingerprint density at radius 3 is 2.78 bits per heavy atom. The zero-order valence-corrected chi connectivity index (χ0v) is 13.4. The monoisotopic (exact) mass is 350 g/mol. The van der Waals surface area contributed by atoms with Gasteiger partial charge in [-0.25, -0.2) is 9.78 Å². The normalized spacial score (nSPS) is 15.0. The maximum Gasteiger partial charge on any atom is 0.335 e. The van der Waals surface area contributed by atoms with Crippen LogP contribution in [-0.2, 0) is 6.42 Å². The van der Waals surface area contributed by atoms with Gasteiger partial charge in [0.2, 0.25) is 0 Å². The molecule has 1 aromatic carbocycles. The quantitative estimate of drug-likeness (QED) is 0.886. The number of halogens is 2. The Labute approximate surface area is 141 Å². The lowest BCUT2D eigenvalue weighted by atomic mass is 10.0. The molecule has 0 saturated heterocycles. The molecule has 2 N–H and O–H groups in total. The number of H-pyrrole nitrogens is 1. The van der Waals surface area contributed by atoms with Crippen LogP contribution in [0.4, 0.5) is 0 Å². The second kappa shape index (κ2) is 6.18. The highest BCUT2D eigenvalue weighted by Gasteiger charge is 2.13. The van der Waals surface area contributed by atoms with E-state index in [1.165, 1.54) is 18.2 Å². The second-order valence-corrected chi connectivity index (χ2v) is 6.15. The van der Waals surface area contributed by atoms with Gasteiger partial charge in [-0.2, -0.15) is 0 Å². The number of fused-ring (bicyclic) bond motifs is 1. The number of hydrogen-bond donors (Lipinski definition) is 2. The first-order valence-electron chi connectivity index (χ1n) is 6.94. The van der Waals surface area contributed by atoms with Crippen molar-refractivity contribution in [1.29, 1.82) is 0 Å². The van der Waals surface area contributed by atoms with E-state index in [-0.39, 0.29) is 11.1 Å². The summed E-state index contributed by atoms with van der Waals surface area (Å²) in [6.07, 6.45) is 3.62. The second-order valence-electron chi connectivity index (χ2n) is 5.28. The van der Waals surface area contributed by atoms with Crippen LogP contribution in [0.3, 0.4) is 0 Å². The first-order chi connectivity index (χ1) is 10.9. The Bertz CT molecular complexity index is 929. The molecule has 0 amide bonds. The van der Waals surface area contributed by atoms with Gasteiger partial charge in [0.1, 0.15) is 5.82 Å². The molecule has 2 aromatic rings. The van der Waals surface area contributed by atoms with Crippen LogP contribution in [0.5, 0.6) is 0 Å². The van der Waals surface area contributed by atoms with Gasteiger partial charge in [0, 0.05) is 11.5 Å². The molecule has 0 spiro atoms. The highest BCUT2D eigenvalue weighted by atomic mass is 35.5. The van der Waals surface area contributed by atoms with Gasteiger partial charge in [-0.05, 0) is 37.1 Å². The summed E-state index contributed by atoms with van der Waals surface area (Å²) in [5.74, 6) is -0.587. The summed E-state index contributed by atoms with van der Waals surface area (Å²) in [5.41, 5.74) is 1.17. The van der Waals surface area contributed by atoms with E-state index >= 15 is 0 Å². The first-order valence-corrected chi connectivity index (χ1v) is 7.69. The summed E-state index contributed by atoms with van der Waals surface area (Å²) in [5, 5.41) is 10.5. The van der Waals surface area contributed by atoms with Crippen LogP contribution in [0.1, 0.15) is 29.0 Å². The van der Waals surface area contributed by atoms with Gasteiger partial charge >= 0.3 is 5.97 Å². The van der Waals surface area contributed by atoms with Crippen molar-refractivity contribution in [3.05, 3.63) is 61.7 Å². The van der Waals surface area contributed by atoms with Crippen LogP contribution in [0.15, 0.2) is 44.7 Å². The van der Waals surface area contributed by atoms with Crippen molar-refractivity contribution in [2.75, 3.05) is 0 Å². The summed E-state index contributed by atoms with van der Waals surface area (Å²) in [7, 11) is 0. The Morgan fingerprint density at radius 1 is 1.30 bits per heavy atom. The van der Waals surface area contributed by atoms with Gasteiger partial charge in [-0.1, -0.05) is 28.8 Å². The molecule has 0 unspecified atom stereocenters. The van der Waals surface area contributed by atoms with Gasteiger partial charge in [0.25, 0.3) is 5.56 Å².